The number of rotatable bonds is 7. The Hall–Kier alpha value is -3.35. The highest BCUT2D eigenvalue weighted by molar-refractivity contribution is 5.96. The van der Waals surface area contributed by atoms with Gasteiger partial charge in [0, 0.05) is 25.2 Å². The number of anilines is 1. The number of amides is 2. The molecule has 1 aliphatic carbocycles. The Morgan fingerprint density at radius 3 is 2.43 bits per heavy atom. The van der Waals surface area contributed by atoms with Crippen molar-refractivity contribution < 1.29 is 19.1 Å². The topological polar surface area (TPSA) is 80.2 Å². The molecule has 0 spiro atoms. The molecule has 158 valence electrons. The summed E-state index contributed by atoms with van der Waals surface area (Å²) in [7, 11) is 3.22. The van der Waals surface area contributed by atoms with Crippen molar-refractivity contribution in [3.8, 4) is 11.5 Å². The minimum Gasteiger partial charge on any atom is -0.493 e. The molecule has 30 heavy (non-hydrogen) atoms. The van der Waals surface area contributed by atoms with Crippen LogP contribution in [0.5, 0.6) is 11.5 Å². The van der Waals surface area contributed by atoms with E-state index in [-0.39, 0.29) is 17.9 Å². The van der Waals surface area contributed by atoms with Crippen molar-refractivity contribution in [3.63, 3.8) is 0 Å². The second-order valence-electron chi connectivity index (χ2n) is 7.27. The number of ether oxygens (including phenoxy) is 2. The average molecular weight is 409 g/mol. The van der Waals surface area contributed by atoms with Crippen LogP contribution in [-0.2, 0) is 4.79 Å². The lowest BCUT2D eigenvalue weighted by atomic mass is 10.2. The molecular weight excluding hydrogens is 382 g/mol. The van der Waals surface area contributed by atoms with Gasteiger partial charge in [-0.15, -0.1) is 0 Å². The van der Waals surface area contributed by atoms with Gasteiger partial charge >= 0.3 is 0 Å². The number of benzene rings is 2. The van der Waals surface area contributed by atoms with E-state index in [1.807, 2.05) is 18.2 Å². The summed E-state index contributed by atoms with van der Waals surface area (Å²) in [5.41, 5.74) is 1.92. The second kappa shape index (κ2) is 9.91. The molecule has 1 N–H and O–H groups in total. The van der Waals surface area contributed by atoms with E-state index in [0.717, 1.165) is 18.4 Å². The molecule has 0 atom stereocenters. The van der Waals surface area contributed by atoms with Gasteiger partial charge in [0.15, 0.2) is 11.5 Å². The van der Waals surface area contributed by atoms with Gasteiger partial charge in [0.1, 0.15) is 0 Å². The smallest absolute Gasteiger partial charge is 0.273 e. The lowest BCUT2D eigenvalue weighted by Gasteiger charge is -2.16. The monoisotopic (exact) mass is 409 g/mol. The Kier molecular flexibility index (Phi) is 7.06. The molecule has 7 nitrogen and oxygen atoms in total. The zero-order valence-electron chi connectivity index (χ0n) is 17.6. The van der Waals surface area contributed by atoms with Gasteiger partial charge in [0.25, 0.3) is 5.91 Å². The van der Waals surface area contributed by atoms with E-state index in [1.54, 1.807) is 44.6 Å². The predicted octanol–water partition coefficient (Wildman–Crippen LogP) is 4.08. The van der Waals surface area contributed by atoms with Crippen LogP contribution in [0, 0.1) is 0 Å². The summed E-state index contributed by atoms with van der Waals surface area (Å²) in [5, 5.41) is 8.21. The minimum atomic E-state index is -0.253. The molecule has 1 fully saturated rings. The first-order valence-electron chi connectivity index (χ1n) is 10.0. The zero-order valence-corrected chi connectivity index (χ0v) is 17.6. The molecule has 1 saturated carbocycles. The molecule has 7 heteroatoms. The molecule has 3 rings (SSSR count). The van der Waals surface area contributed by atoms with E-state index in [4.69, 9.17) is 9.47 Å². The largest absolute Gasteiger partial charge is 0.493 e. The van der Waals surface area contributed by atoms with Gasteiger partial charge in [-0.2, -0.15) is 5.10 Å². The van der Waals surface area contributed by atoms with Crippen molar-refractivity contribution in [2.45, 2.75) is 38.7 Å². The quantitative estimate of drug-likeness (QED) is 0.552. The molecule has 0 unspecified atom stereocenters. The van der Waals surface area contributed by atoms with Crippen LogP contribution in [0.4, 0.5) is 5.69 Å². The van der Waals surface area contributed by atoms with Gasteiger partial charge < -0.3 is 14.8 Å². The summed E-state index contributed by atoms with van der Waals surface area (Å²) in [4.78, 5) is 23.7. The van der Waals surface area contributed by atoms with Gasteiger partial charge in [-0.1, -0.05) is 0 Å². The maximum atomic E-state index is 12.6. The number of nitrogens with zero attached hydrogens (tertiary/aromatic N) is 2. The minimum absolute atomic E-state index is 0.161. The van der Waals surface area contributed by atoms with Crippen molar-refractivity contribution in [2.24, 2.45) is 5.10 Å². The summed E-state index contributed by atoms with van der Waals surface area (Å²) in [5.74, 6) is 0.960. The fourth-order valence-electron chi connectivity index (χ4n) is 3.34. The number of hydrogen-bond acceptors (Lipinski definition) is 5. The number of nitrogens with one attached hydrogen (secondary N) is 1. The number of methoxy groups -OCH3 is 1. The van der Waals surface area contributed by atoms with Crippen molar-refractivity contribution in [2.75, 3.05) is 19.5 Å². The molecule has 0 aromatic heterocycles. The maximum Gasteiger partial charge on any atom is 0.273 e. The molecule has 0 aliphatic heterocycles. The van der Waals surface area contributed by atoms with Gasteiger partial charge in [0.05, 0.1) is 19.4 Å². The third-order valence-electron chi connectivity index (χ3n) is 4.91. The van der Waals surface area contributed by atoms with Crippen LogP contribution in [0.1, 0.15) is 48.5 Å². The number of hydrogen-bond donors (Lipinski definition) is 1. The van der Waals surface area contributed by atoms with Crippen LogP contribution in [0.15, 0.2) is 47.6 Å². The van der Waals surface area contributed by atoms with Gasteiger partial charge in [-0.25, -0.2) is 5.01 Å². The van der Waals surface area contributed by atoms with Gasteiger partial charge in [-0.3, -0.25) is 9.59 Å². The molecular formula is C23H27N3O4. The maximum absolute atomic E-state index is 12.6. The Balaban J connectivity index is 1.67. The molecule has 2 amide bonds. The van der Waals surface area contributed by atoms with Crippen LogP contribution < -0.4 is 14.8 Å². The highest BCUT2D eigenvalue weighted by atomic mass is 16.5. The molecule has 2 aromatic rings. The average Bonchev–Trinajstić information content (AvgIpc) is 3.25. The first kappa shape index (κ1) is 21.4. The standard InChI is InChI=1S/C23H27N3O4/c1-16(27)25-19-11-9-18(10-12-19)23(28)26(2)24-15-17-8-13-21(29-3)22(14-17)30-20-6-4-5-7-20/h8-15,20H,4-7H2,1-3H3,(H,25,27). The lowest BCUT2D eigenvalue weighted by Crippen LogP contribution is -2.21. The number of carbonyl (C=O) groups excluding carboxylic acids is 2. The lowest BCUT2D eigenvalue weighted by molar-refractivity contribution is -0.114. The fourth-order valence-corrected chi connectivity index (χ4v) is 3.34. The molecule has 0 bridgehead atoms. The van der Waals surface area contributed by atoms with E-state index in [1.165, 1.54) is 24.8 Å². The fraction of sp³-hybridized carbons (Fsp3) is 0.348. The van der Waals surface area contributed by atoms with E-state index in [0.29, 0.717) is 22.7 Å². The van der Waals surface area contributed by atoms with E-state index >= 15 is 0 Å². The van der Waals surface area contributed by atoms with Gasteiger partial charge in [0.2, 0.25) is 5.91 Å². The highest BCUT2D eigenvalue weighted by Gasteiger charge is 2.18. The van der Waals surface area contributed by atoms with Crippen LogP contribution in [0.3, 0.4) is 0 Å². The normalized spacial score (nSPS) is 14.0. The summed E-state index contributed by atoms with van der Waals surface area (Å²) < 4.78 is 11.5. The van der Waals surface area contributed by atoms with Crippen LogP contribution >= 0.6 is 0 Å². The third kappa shape index (κ3) is 5.59. The Bertz CT molecular complexity index is 919. The van der Waals surface area contributed by atoms with E-state index < -0.39 is 0 Å². The van der Waals surface area contributed by atoms with E-state index in [2.05, 4.69) is 10.4 Å². The summed E-state index contributed by atoms with van der Waals surface area (Å²) in [6, 6.07) is 12.3. The molecule has 0 saturated heterocycles. The summed E-state index contributed by atoms with van der Waals surface area (Å²) in [6.07, 6.45) is 6.32. The Labute approximate surface area is 176 Å². The van der Waals surface area contributed by atoms with Crippen LogP contribution in [0.2, 0.25) is 0 Å². The molecule has 1 aliphatic rings. The third-order valence-corrected chi connectivity index (χ3v) is 4.91. The second-order valence-corrected chi connectivity index (χ2v) is 7.27. The molecule has 0 heterocycles. The van der Waals surface area contributed by atoms with Crippen molar-refractivity contribution in [3.05, 3.63) is 53.6 Å². The van der Waals surface area contributed by atoms with Crippen LogP contribution in [0.25, 0.3) is 0 Å². The predicted molar refractivity (Wildman–Crippen MR) is 116 cm³/mol. The Morgan fingerprint density at radius 2 is 1.80 bits per heavy atom. The number of hydrazone groups is 1. The molecule has 2 aromatic carbocycles. The number of carbonyl (C=O) groups is 2. The first-order chi connectivity index (χ1) is 14.5. The Morgan fingerprint density at radius 1 is 1.10 bits per heavy atom. The zero-order chi connectivity index (χ0) is 21.5. The molecule has 0 radical (unpaired) electrons. The van der Waals surface area contributed by atoms with Crippen molar-refractivity contribution >= 4 is 23.7 Å². The first-order valence-corrected chi connectivity index (χ1v) is 10.0. The summed E-state index contributed by atoms with van der Waals surface area (Å²) in [6.45, 7) is 1.44. The SMILES string of the molecule is COc1ccc(C=NN(C)C(=O)c2ccc(NC(C)=O)cc2)cc1OC1CCCC1. The van der Waals surface area contributed by atoms with E-state index in [9.17, 15) is 9.59 Å². The van der Waals surface area contributed by atoms with Crippen molar-refractivity contribution in [1.29, 1.82) is 0 Å². The van der Waals surface area contributed by atoms with Crippen molar-refractivity contribution in [1.82, 2.24) is 5.01 Å². The van der Waals surface area contributed by atoms with Gasteiger partial charge in [-0.05, 0) is 73.7 Å². The van der Waals surface area contributed by atoms with Crippen LogP contribution in [-0.4, -0.2) is 43.3 Å². The summed E-state index contributed by atoms with van der Waals surface area (Å²) >= 11 is 0. The highest BCUT2D eigenvalue weighted by Crippen LogP contribution is 2.32.